The van der Waals surface area contributed by atoms with Gasteiger partial charge in [0, 0.05) is 19.6 Å². The first-order chi connectivity index (χ1) is 10.5. The summed E-state index contributed by atoms with van der Waals surface area (Å²) in [5.74, 6) is 0. The van der Waals surface area contributed by atoms with E-state index in [-0.39, 0.29) is 13.2 Å². The summed E-state index contributed by atoms with van der Waals surface area (Å²) >= 11 is 0. The number of carboxylic acid groups (broad SMARTS) is 1. The molecule has 1 aliphatic heterocycles. The summed E-state index contributed by atoms with van der Waals surface area (Å²) in [6, 6.07) is 9.39. The van der Waals surface area contributed by atoms with E-state index in [0.717, 1.165) is 5.56 Å². The van der Waals surface area contributed by atoms with Gasteiger partial charge in [0.05, 0.1) is 5.54 Å². The lowest BCUT2D eigenvalue weighted by molar-refractivity contribution is 0.0942. The Kier molecular flexibility index (Phi) is 5.21. The number of hydrogen-bond acceptors (Lipinski definition) is 4. The van der Waals surface area contributed by atoms with E-state index >= 15 is 0 Å². The first kappa shape index (κ1) is 16.1. The highest BCUT2D eigenvalue weighted by Crippen LogP contribution is 2.21. The number of nitrogens with two attached hydrogens (primary N) is 1. The quantitative estimate of drug-likeness (QED) is 0.779. The standard InChI is InChI=1S/C15H21N3O4/c16-11-15(6-8-18(9-7-15)14(20)21)17-13(19)22-10-12-4-2-1-3-5-12/h1-5H,6-11,16H2,(H,17,19)(H,20,21). The SMILES string of the molecule is NCC1(NC(=O)OCc2ccccc2)CCN(C(=O)O)CC1. The molecule has 1 aromatic carbocycles. The lowest BCUT2D eigenvalue weighted by Gasteiger charge is -2.40. The molecular weight excluding hydrogens is 286 g/mol. The fraction of sp³-hybridized carbons (Fsp3) is 0.467. The van der Waals surface area contributed by atoms with Gasteiger partial charge in [-0.15, -0.1) is 0 Å². The Morgan fingerprint density at radius 3 is 2.45 bits per heavy atom. The van der Waals surface area contributed by atoms with E-state index < -0.39 is 17.7 Å². The van der Waals surface area contributed by atoms with Gasteiger partial charge in [-0.2, -0.15) is 0 Å². The largest absolute Gasteiger partial charge is 0.465 e. The zero-order valence-corrected chi connectivity index (χ0v) is 12.3. The van der Waals surface area contributed by atoms with Gasteiger partial charge in [-0.3, -0.25) is 0 Å². The molecule has 120 valence electrons. The van der Waals surface area contributed by atoms with E-state index in [0.29, 0.717) is 25.9 Å². The maximum Gasteiger partial charge on any atom is 0.407 e. The minimum Gasteiger partial charge on any atom is -0.465 e. The number of amides is 2. The van der Waals surface area contributed by atoms with Crippen LogP contribution in [0.5, 0.6) is 0 Å². The normalized spacial score (nSPS) is 16.9. The van der Waals surface area contributed by atoms with E-state index in [2.05, 4.69) is 5.32 Å². The molecule has 0 radical (unpaired) electrons. The molecule has 1 aromatic rings. The molecular formula is C15H21N3O4. The number of rotatable bonds is 4. The van der Waals surface area contributed by atoms with E-state index in [4.69, 9.17) is 15.6 Å². The smallest absolute Gasteiger partial charge is 0.407 e. The molecule has 1 heterocycles. The van der Waals surface area contributed by atoms with Gasteiger partial charge in [-0.25, -0.2) is 9.59 Å². The van der Waals surface area contributed by atoms with Crippen molar-refractivity contribution in [2.24, 2.45) is 5.73 Å². The van der Waals surface area contributed by atoms with Crippen LogP contribution in [0.25, 0.3) is 0 Å². The fourth-order valence-corrected chi connectivity index (χ4v) is 2.48. The third-order valence-corrected chi connectivity index (χ3v) is 3.96. The summed E-state index contributed by atoms with van der Waals surface area (Å²) in [5, 5.41) is 11.8. The Labute approximate surface area is 129 Å². The maximum atomic E-state index is 11.9. The maximum absolute atomic E-state index is 11.9. The fourth-order valence-electron chi connectivity index (χ4n) is 2.48. The minimum absolute atomic E-state index is 0.189. The van der Waals surface area contributed by atoms with E-state index in [1.165, 1.54) is 4.90 Å². The first-order valence-electron chi connectivity index (χ1n) is 7.21. The van der Waals surface area contributed by atoms with Crippen molar-refractivity contribution in [1.82, 2.24) is 10.2 Å². The summed E-state index contributed by atoms with van der Waals surface area (Å²) in [7, 11) is 0. The molecule has 0 aliphatic carbocycles. The summed E-state index contributed by atoms with van der Waals surface area (Å²) < 4.78 is 5.20. The highest BCUT2D eigenvalue weighted by molar-refractivity contribution is 5.69. The van der Waals surface area contributed by atoms with Gasteiger partial charge in [0.1, 0.15) is 6.61 Å². The zero-order chi connectivity index (χ0) is 16.0. The topological polar surface area (TPSA) is 105 Å². The summed E-state index contributed by atoms with van der Waals surface area (Å²) in [6.45, 7) is 1.15. The molecule has 0 spiro atoms. The highest BCUT2D eigenvalue weighted by atomic mass is 16.5. The first-order valence-corrected chi connectivity index (χ1v) is 7.21. The van der Waals surface area contributed by atoms with Crippen molar-refractivity contribution in [3.05, 3.63) is 35.9 Å². The Morgan fingerprint density at radius 1 is 1.27 bits per heavy atom. The number of carbonyl (C=O) groups is 2. The molecule has 7 nitrogen and oxygen atoms in total. The number of piperidine rings is 1. The predicted octanol–water partition coefficient (Wildman–Crippen LogP) is 1.38. The van der Waals surface area contributed by atoms with Crippen molar-refractivity contribution in [2.45, 2.75) is 25.0 Å². The van der Waals surface area contributed by atoms with E-state index in [9.17, 15) is 9.59 Å². The van der Waals surface area contributed by atoms with Crippen LogP contribution >= 0.6 is 0 Å². The number of carbonyl (C=O) groups excluding carboxylic acids is 1. The van der Waals surface area contributed by atoms with Crippen LogP contribution in [-0.2, 0) is 11.3 Å². The van der Waals surface area contributed by atoms with Crippen LogP contribution in [-0.4, -0.2) is 47.4 Å². The molecule has 22 heavy (non-hydrogen) atoms. The van der Waals surface area contributed by atoms with Gasteiger partial charge in [0.2, 0.25) is 0 Å². The van der Waals surface area contributed by atoms with Crippen LogP contribution in [0.15, 0.2) is 30.3 Å². The molecule has 0 bridgehead atoms. The van der Waals surface area contributed by atoms with Gasteiger partial charge in [0.25, 0.3) is 0 Å². The second kappa shape index (κ2) is 7.13. The van der Waals surface area contributed by atoms with Crippen molar-refractivity contribution in [2.75, 3.05) is 19.6 Å². The summed E-state index contributed by atoms with van der Waals surface area (Å²) in [5.41, 5.74) is 6.08. The van der Waals surface area contributed by atoms with Crippen LogP contribution in [0, 0.1) is 0 Å². The third-order valence-electron chi connectivity index (χ3n) is 3.96. The van der Waals surface area contributed by atoms with Crippen molar-refractivity contribution in [1.29, 1.82) is 0 Å². The van der Waals surface area contributed by atoms with Gasteiger partial charge in [0.15, 0.2) is 0 Å². The van der Waals surface area contributed by atoms with Gasteiger partial charge < -0.3 is 25.8 Å². The zero-order valence-electron chi connectivity index (χ0n) is 12.3. The molecule has 0 saturated carbocycles. The number of likely N-dealkylation sites (tertiary alicyclic amines) is 1. The van der Waals surface area contributed by atoms with Crippen molar-refractivity contribution >= 4 is 12.2 Å². The Balaban J connectivity index is 1.85. The number of nitrogens with zero attached hydrogens (tertiary/aromatic N) is 1. The molecule has 1 aliphatic rings. The molecule has 2 rings (SSSR count). The van der Waals surface area contributed by atoms with Crippen molar-refractivity contribution in [3.63, 3.8) is 0 Å². The van der Waals surface area contributed by atoms with E-state index in [1.807, 2.05) is 30.3 Å². The van der Waals surface area contributed by atoms with Crippen LogP contribution in [0.4, 0.5) is 9.59 Å². The Morgan fingerprint density at radius 2 is 1.91 bits per heavy atom. The average Bonchev–Trinajstić information content (AvgIpc) is 2.54. The van der Waals surface area contributed by atoms with Crippen molar-refractivity contribution < 1.29 is 19.4 Å². The number of benzene rings is 1. The lowest BCUT2D eigenvalue weighted by Crippen LogP contribution is -2.59. The number of ether oxygens (including phenoxy) is 1. The molecule has 0 unspecified atom stereocenters. The molecule has 4 N–H and O–H groups in total. The lowest BCUT2D eigenvalue weighted by atomic mass is 9.88. The van der Waals surface area contributed by atoms with Crippen LogP contribution in [0.2, 0.25) is 0 Å². The highest BCUT2D eigenvalue weighted by Gasteiger charge is 2.36. The molecule has 1 fully saturated rings. The second-order valence-corrected chi connectivity index (χ2v) is 5.44. The Bertz CT molecular complexity index is 513. The third kappa shape index (κ3) is 4.11. The van der Waals surface area contributed by atoms with Crippen molar-refractivity contribution in [3.8, 4) is 0 Å². The number of nitrogens with one attached hydrogen (secondary N) is 1. The van der Waals surface area contributed by atoms with Gasteiger partial charge in [-0.05, 0) is 18.4 Å². The second-order valence-electron chi connectivity index (χ2n) is 5.44. The van der Waals surface area contributed by atoms with Gasteiger partial charge in [-0.1, -0.05) is 30.3 Å². The van der Waals surface area contributed by atoms with Crippen LogP contribution < -0.4 is 11.1 Å². The number of alkyl carbamates (subject to hydrolysis) is 1. The Hall–Kier alpha value is -2.28. The molecule has 2 amide bonds. The predicted molar refractivity (Wildman–Crippen MR) is 80.4 cm³/mol. The van der Waals surface area contributed by atoms with E-state index in [1.54, 1.807) is 0 Å². The summed E-state index contributed by atoms with van der Waals surface area (Å²) in [6.07, 6.45) is -0.512. The molecule has 0 aromatic heterocycles. The minimum atomic E-state index is -0.947. The number of hydrogen-bond donors (Lipinski definition) is 3. The van der Waals surface area contributed by atoms with Crippen LogP contribution in [0.1, 0.15) is 18.4 Å². The molecule has 0 atom stereocenters. The molecule has 1 saturated heterocycles. The monoisotopic (exact) mass is 307 g/mol. The van der Waals surface area contributed by atoms with Crippen LogP contribution in [0.3, 0.4) is 0 Å². The van der Waals surface area contributed by atoms with Gasteiger partial charge >= 0.3 is 12.2 Å². The summed E-state index contributed by atoms with van der Waals surface area (Å²) in [4.78, 5) is 24.2. The molecule has 7 heteroatoms. The average molecular weight is 307 g/mol.